The van der Waals surface area contributed by atoms with Crippen LogP contribution < -0.4 is 10.5 Å². The highest BCUT2D eigenvalue weighted by Gasteiger charge is 2.17. The molecule has 0 aromatic heterocycles. The quantitative estimate of drug-likeness (QED) is 0.470. The first-order valence-corrected chi connectivity index (χ1v) is 5.44. The lowest BCUT2D eigenvalue weighted by atomic mass is 10.3. The number of hydrogen-bond donors (Lipinski definition) is 1. The van der Waals surface area contributed by atoms with Gasteiger partial charge < -0.3 is 15.2 Å². The molecule has 1 aromatic carbocycles. The molecule has 1 aromatic rings. The minimum atomic E-state index is -1.02. The fraction of sp³-hybridized carbons (Fsp3) is 0.364. The van der Waals surface area contributed by atoms with Crippen molar-refractivity contribution in [1.82, 2.24) is 0 Å². The molecule has 0 amide bonds. The van der Waals surface area contributed by atoms with Crippen LogP contribution in [0.1, 0.15) is 6.92 Å². The number of rotatable bonds is 6. The number of carbonyl (C=O) groups is 1. The van der Waals surface area contributed by atoms with E-state index in [0.717, 1.165) is 12.1 Å². The van der Waals surface area contributed by atoms with Crippen LogP contribution in [0.25, 0.3) is 0 Å². The second kappa shape index (κ2) is 6.64. The van der Waals surface area contributed by atoms with E-state index in [2.05, 4.69) is 4.74 Å². The number of nitro benzene ring substituents is 1. The van der Waals surface area contributed by atoms with E-state index in [1.165, 1.54) is 6.07 Å². The monoisotopic (exact) mass is 272 g/mol. The van der Waals surface area contributed by atoms with Crippen molar-refractivity contribution in [3.8, 4) is 5.75 Å². The van der Waals surface area contributed by atoms with E-state index in [0.29, 0.717) is 0 Å². The number of ether oxygens (including phenoxy) is 2. The van der Waals surface area contributed by atoms with Gasteiger partial charge in [-0.3, -0.25) is 14.9 Å². The maximum atomic E-state index is 13.3. The average molecular weight is 272 g/mol. The Morgan fingerprint density at radius 3 is 2.79 bits per heavy atom. The van der Waals surface area contributed by atoms with E-state index >= 15 is 0 Å². The topological polar surface area (TPSA) is 105 Å². The van der Waals surface area contributed by atoms with Crippen molar-refractivity contribution in [3.05, 3.63) is 34.1 Å². The summed E-state index contributed by atoms with van der Waals surface area (Å²) in [5.41, 5.74) is 4.81. The van der Waals surface area contributed by atoms with E-state index < -0.39 is 28.4 Å². The summed E-state index contributed by atoms with van der Waals surface area (Å²) in [6.45, 7) is 1.62. The molecule has 0 heterocycles. The van der Waals surface area contributed by atoms with Gasteiger partial charge in [0.15, 0.2) is 0 Å². The van der Waals surface area contributed by atoms with Gasteiger partial charge in [0.05, 0.1) is 11.5 Å². The fourth-order valence-electron chi connectivity index (χ4n) is 1.23. The largest absolute Gasteiger partial charge is 0.491 e. The van der Waals surface area contributed by atoms with Gasteiger partial charge in [-0.25, -0.2) is 0 Å². The molecule has 0 saturated carbocycles. The number of nitrogens with zero attached hydrogens (tertiary/aromatic N) is 1. The Morgan fingerprint density at radius 1 is 1.58 bits per heavy atom. The smallest absolute Gasteiger partial charge is 0.326 e. The molecule has 0 spiro atoms. The number of nitro groups is 1. The Kier molecular flexibility index (Phi) is 5.19. The number of halogens is 1. The van der Waals surface area contributed by atoms with E-state index in [-0.39, 0.29) is 19.0 Å². The molecule has 0 radical (unpaired) electrons. The molecule has 0 aliphatic carbocycles. The maximum Gasteiger partial charge on any atom is 0.326 e. The van der Waals surface area contributed by atoms with Gasteiger partial charge in [0.25, 0.3) is 0 Å². The fourth-order valence-corrected chi connectivity index (χ4v) is 1.23. The summed E-state index contributed by atoms with van der Waals surface area (Å²) in [5, 5.41) is 10.4. The normalized spacial score (nSPS) is 11.7. The molecule has 0 bridgehead atoms. The summed E-state index contributed by atoms with van der Waals surface area (Å²) in [4.78, 5) is 20.7. The Bertz CT molecular complexity index is 480. The summed E-state index contributed by atoms with van der Waals surface area (Å²) in [7, 11) is 0. The number of nitrogens with two attached hydrogens (primary N) is 1. The van der Waals surface area contributed by atoms with Gasteiger partial charge in [-0.2, -0.15) is 4.39 Å². The van der Waals surface area contributed by atoms with Crippen LogP contribution in [0.15, 0.2) is 18.2 Å². The first-order valence-electron chi connectivity index (χ1n) is 5.44. The van der Waals surface area contributed by atoms with Gasteiger partial charge in [-0.1, -0.05) is 0 Å². The van der Waals surface area contributed by atoms with Crippen LogP contribution in [0.2, 0.25) is 0 Å². The molecule has 19 heavy (non-hydrogen) atoms. The Hall–Kier alpha value is -2.22. The molecule has 1 rings (SSSR count). The summed E-state index contributed by atoms with van der Waals surface area (Å²) in [6, 6.07) is 2.05. The summed E-state index contributed by atoms with van der Waals surface area (Å²) >= 11 is 0. The first-order chi connectivity index (χ1) is 8.95. The van der Waals surface area contributed by atoms with Crippen molar-refractivity contribution in [3.63, 3.8) is 0 Å². The molecule has 1 atom stereocenters. The van der Waals surface area contributed by atoms with Crippen LogP contribution >= 0.6 is 0 Å². The van der Waals surface area contributed by atoms with Crippen LogP contribution in [0.5, 0.6) is 5.75 Å². The second-order valence-corrected chi connectivity index (χ2v) is 3.54. The van der Waals surface area contributed by atoms with Crippen molar-refractivity contribution >= 4 is 11.7 Å². The lowest BCUT2D eigenvalue weighted by molar-refractivity contribution is -0.387. The Labute approximate surface area is 108 Å². The van der Waals surface area contributed by atoms with Crippen LogP contribution in [-0.2, 0) is 9.53 Å². The summed E-state index contributed by atoms with van der Waals surface area (Å²) in [6.07, 6.45) is 0. The molecule has 0 saturated heterocycles. The lowest BCUT2D eigenvalue weighted by Gasteiger charge is -2.12. The average Bonchev–Trinajstić information content (AvgIpc) is 2.35. The van der Waals surface area contributed by atoms with E-state index in [1.54, 1.807) is 6.92 Å². The summed E-state index contributed by atoms with van der Waals surface area (Å²) < 4.78 is 23.0. The van der Waals surface area contributed by atoms with Gasteiger partial charge in [-0.15, -0.1) is 0 Å². The van der Waals surface area contributed by atoms with Crippen molar-refractivity contribution in [2.75, 3.05) is 13.2 Å². The molecule has 0 aliphatic heterocycles. The molecule has 104 valence electrons. The Morgan fingerprint density at radius 2 is 2.26 bits per heavy atom. The second-order valence-electron chi connectivity index (χ2n) is 3.54. The van der Waals surface area contributed by atoms with Gasteiger partial charge in [0, 0.05) is 12.1 Å². The molecule has 1 unspecified atom stereocenters. The van der Waals surface area contributed by atoms with Gasteiger partial charge in [0.1, 0.15) is 18.4 Å². The third-order valence-electron chi connectivity index (χ3n) is 2.13. The van der Waals surface area contributed by atoms with Crippen LogP contribution in [0.3, 0.4) is 0 Å². The van der Waals surface area contributed by atoms with E-state index in [1.807, 2.05) is 0 Å². The van der Waals surface area contributed by atoms with E-state index in [4.69, 9.17) is 10.5 Å². The molecule has 2 N–H and O–H groups in total. The van der Waals surface area contributed by atoms with Crippen molar-refractivity contribution in [2.45, 2.75) is 13.0 Å². The summed E-state index contributed by atoms with van der Waals surface area (Å²) in [5.74, 6) is -1.61. The molecule has 8 heteroatoms. The molecular formula is C11H13FN2O5. The minimum Gasteiger partial charge on any atom is -0.491 e. The third kappa shape index (κ3) is 4.18. The van der Waals surface area contributed by atoms with Gasteiger partial charge >= 0.3 is 11.7 Å². The Balaban J connectivity index is 2.61. The van der Waals surface area contributed by atoms with Crippen molar-refractivity contribution in [2.24, 2.45) is 5.73 Å². The third-order valence-corrected chi connectivity index (χ3v) is 2.13. The molecular weight excluding hydrogens is 259 g/mol. The molecule has 0 aliphatic rings. The van der Waals surface area contributed by atoms with Crippen molar-refractivity contribution < 1.29 is 23.6 Å². The van der Waals surface area contributed by atoms with Gasteiger partial charge in [-0.05, 0) is 13.0 Å². The zero-order valence-corrected chi connectivity index (χ0v) is 10.2. The molecule has 0 fully saturated rings. The molecule has 7 nitrogen and oxygen atoms in total. The van der Waals surface area contributed by atoms with Crippen LogP contribution in [-0.4, -0.2) is 30.1 Å². The van der Waals surface area contributed by atoms with Crippen LogP contribution in [0.4, 0.5) is 10.1 Å². The van der Waals surface area contributed by atoms with Crippen LogP contribution in [0, 0.1) is 15.9 Å². The number of esters is 1. The highest BCUT2D eigenvalue weighted by molar-refractivity contribution is 5.75. The van der Waals surface area contributed by atoms with Crippen molar-refractivity contribution in [1.29, 1.82) is 0 Å². The minimum absolute atomic E-state index is 0.0443. The highest BCUT2D eigenvalue weighted by Crippen LogP contribution is 2.22. The maximum absolute atomic E-state index is 13.3. The zero-order chi connectivity index (χ0) is 14.4. The number of carbonyl (C=O) groups excluding carboxylic acids is 1. The van der Waals surface area contributed by atoms with E-state index in [9.17, 15) is 19.3 Å². The number of hydrogen-bond acceptors (Lipinski definition) is 6. The zero-order valence-electron chi connectivity index (χ0n) is 10.2. The SMILES string of the molecule is CCOC(=O)C(N)COc1ccc([N+](=O)[O-])c(F)c1. The standard InChI is InChI=1S/C11H13FN2O5/c1-2-18-11(15)9(13)6-19-7-3-4-10(14(16)17)8(12)5-7/h3-5,9H,2,6,13H2,1H3. The highest BCUT2D eigenvalue weighted by atomic mass is 19.1. The number of benzene rings is 1. The predicted octanol–water partition coefficient (Wildman–Crippen LogP) is 1.00. The lowest BCUT2D eigenvalue weighted by Crippen LogP contribution is -2.37. The first kappa shape index (κ1) is 14.8. The predicted molar refractivity (Wildman–Crippen MR) is 63.2 cm³/mol. The van der Waals surface area contributed by atoms with Gasteiger partial charge in [0.2, 0.25) is 5.82 Å².